The monoisotopic (exact) mass is 322 g/mol. The second kappa shape index (κ2) is 18.7. The van der Waals surface area contributed by atoms with Crippen LogP contribution >= 0.6 is 0 Å². The highest BCUT2D eigenvalue weighted by Gasteiger charge is 2.10. The second-order valence-corrected chi connectivity index (χ2v) is 4.53. The molecule has 0 atom stereocenters. The quantitative estimate of drug-likeness (QED) is 0.772. The van der Waals surface area contributed by atoms with Crippen LogP contribution in [-0.2, 0) is 11.3 Å². The van der Waals surface area contributed by atoms with Crippen LogP contribution in [-0.4, -0.2) is 38.3 Å². The molecule has 134 valence electrons. The molecule has 0 spiro atoms. The first-order valence-electron chi connectivity index (χ1n) is 8.97. The molecule has 1 N–H and O–H groups in total. The lowest BCUT2D eigenvalue weighted by Gasteiger charge is -2.26. The Morgan fingerprint density at radius 3 is 1.96 bits per heavy atom. The summed E-state index contributed by atoms with van der Waals surface area (Å²) in [6, 6.07) is 8.61. The molecule has 1 aromatic rings. The maximum absolute atomic E-state index is 5.32. The van der Waals surface area contributed by atoms with E-state index in [2.05, 4.69) is 48.0 Å². The van der Waals surface area contributed by atoms with Crippen molar-refractivity contribution in [2.75, 3.05) is 38.7 Å². The molecular formula is C20H38N2O. The first-order valence-corrected chi connectivity index (χ1v) is 8.97. The Labute approximate surface area is 144 Å². The van der Waals surface area contributed by atoms with Gasteiger partial charge in [0.2, 0.25) is 0 Å². The number of ether oxygens (including phenoxy) is 1. The van der Waals surface area contributed by atoms with Crippen LogP contribution in [0, 0.1) is 0 Å². The highest BCUT2D eigenvalue weighted by Crippen LogP contribution is 2.11. The van der Waals surface area contributed by atoms with E-state index in [1.54, 1.807) is 0 Å². The van der Waals surface area contributed by atoms with Gasteiger partial charge in [-0.2, -0.15) is 0 Å². The normalized spacial score (nSPS) is 13.1. The van der Waals surface area contributed by atoms with Gasteiger partial charge in [0.1, 0.15) is 0 Å². The minimum Gasteiger partial charge on any atom is -0.388 e. The van der Waals surface area contributed by atoms with E-state index < -0.39 is 0 Å². The van der Waals surface area contributed by atoms with Gasteiger partial charge in [-0.05, 0) is 24.1 Å². The second-order valence-electron chi connectivity index (χ2n) is 4.53. The van der Waals surface area contributed by atoms with Crippen LogP contribution in [0.2, 0.25) is 0 Å². The van der Waals surface area contributed by atoms with Crippen LogP contribution in [0.15, 0.2) is 36.9 Å². The fourth-order valence-electron chi connectivity index (χ4n) is 1.79. The maximum Gasteiger partial charge on any atom is 0.0594 e. The summed E-state index contributed by atoms with van der Waals surface area (Å²) < 4.78 is 5.32. The summed E-state index contributed by atoms with van der Waals surface area (Å²) in [7, 11) is 1.94. The van der Waals surface area contributed by atoms with Crippen LogP contribution in [0.1, 0.15) is 46.6 Å². The molecule has 0 bridgehead atoms. The van der Waals surface area contributed by atoms with Gasteiger partial charge in [0.25, 0.3) is 0 Å². The Bertz CT molecular complexity index is 343. The Morgan fingerprint density at radius 1 is 1.09 bits per heavy atom. The SMILES string of the molecule is C=CCC.CC.CC.CNc1ccc(CN2CCOCC2)cc1. The lowest BCUT2D eigenvalue weighted by atomic mass is 10.2. The summed E-state index contributed by atoms with van der Waals surface area (Å²) >= 11 is 0. The van der Waals surface area contributed by atoms with E-state index in [9.17, 15) is 0 Å². The molecule has 2 rings (SSSR count). The zero-order chi connectivity index (χ0) is 17.9. The maximum atomic E-state index is 5.32. The van der Waals surface area contributed by atoms with Crippen molar-refractivity contribution >= 4 is 5.69 Å². The van der Waals surface area contributed by atoms with Crippen molar-refractivity contribution in [3.63, 3.8) is 0 Å². The molecule has 23 heavy (non-hydrogen) atoms. The number of anilines is 1. The number of nitrogens with zero attached hydrogens (tertiary/aromatic N) is 1. The fraction of sp³-hybridized carbons (Fsp3) is 0.600. The van der Waals surface area contributed by atoms with Gasteiger partial charge >= 0.3 is 0 Å². The van der Waals surface area contributed by atoms with Crippen LogP contribution in [0.3, 0.4) is 0 Å². The van der Waals surface area contributed by atoms with Crippen LogP contribution in [0.5, 0.6) is 0 Å². The zero-order valence-electron chi connectivity index (χ0n) is 16.2. The van der Waals surface area contributed by atoms with Gasteiger partial charge in [0.05, 0.1) is 13.2 Å². The first-order chi connectivity index (χ1) is 11.3. The Balaban J connectivity index is 0. The van der Waals surface area contributed by atoms with Crippen molar-refractivity contribution in [2.45, 2.75) is 47.6 Å². The Kier molecular flexibility index (Phi) is 19.5. The molecule has 3 heteroatoms. The van der Waals surface area contributed by atoms with Crippen molar-refractivity contribution in [3.8, 4) is 0 Å². The lowest BCUT2D eigenvalue weighted by molar-refractivity contribution is 0.0342. The number of benzene rings is 1. The molecule has 0 aromatic heterocycles. The smallest absolute Gasteiger partial charge is 0.0594 e. The number of rotatable bonds is 4. The Morgan fingerprint density at radius 2 is 1.57 bits per heavy atom. The van der Waals surface area contributed by atoms with E-state index in [4.69, 9.17) is 4.74 Å². The minimum atomic E-state index is 0.870. The number of hydrogen-bond acceptors (Lipinski definition) is 3. The summed E-state index contributed by atoms with van der Waals surface area (Å²) in [6.45, 7) is 18.4. The molecule has 1 aromatic carbocycles. The third-order valence-electron chi connectivity index (χ3n) is 3.04. The Hall–Kier alpha value is -1.32. The van der Waals surface area contributed by atoms with Crippen molar-refractivity contribution in [2.24, 2.45) is 0 Å². The van der Waals surface area contributed by atoms with Gasteiger partial charge in [-0.25, -0.2) is 0 Å². The van der Waals surface area contributed by atoms with Crippen LogP contribution < -0.4 is 5.32 Å². The van der Waals surface area contributed by atoms with E-state index in [-0.39, 0.29) is 0 Å². The molecule has 0 radical (unpaired) electrons. The number of nitrogens with one attached hydrogen (secondary N) is 1. The summed E-state index contributed by atoms with van der Waals surface area (Å²) in [5, 5.41) is 3.12. The molecule has 1 heterocycles. The molecule has 0 amide bonds. The molecule has 1 aliphatic heterocycles. The van der Waals surface area contributed by atoms with Gasteiger partial charge in [0.15, 0.2) is 0 Å². The van der Waals surface area contributed by atoms with Crippen molar-refractivity contribution in [1.29, 1.82) is 0 Å². The topological polar surface area (TPSA) is 24.5 Å². The van der Waals surface area contributed by atoms with Crippen LogP contribution in [0.4, 0.5) is 5.69 Å². The molecule has 0 aliphatic carbocycles. The van der Waals surface area contributed by atoms with Gasteiger partial charge in [0, 0.05) is 32.4 Å². The largest absolute Gasteiger partial charge is 0.388 e. The van der Waals surface area contributed by atoms with E-state index in [0.717, 1.165) is 39.3 Å². The van der Waals surface area contributed by atoms with Gasteiger partial charge in [-0.15, -0.1) is 6.58 Å². The predicted octanol–water partition coefficient (Wildman–Crippen LogP) is 5.20. The third-order valence-corrected chi connectivity index (χ3v) is 3.04. The average Bonchev–Trinajstić information content (AvgIpc) is 2.67. The van der Waals surface area contributed by atoms with E-state index in [1.165, 1.54) is 11.3 Å². The highest BCUT2D eigenvalue weighted by atomic mass is 16.5. The van der Waals surface area contributed by atoms with Crippen molar-refractivity contribution < 1.29 is 4.74 Å². The lowest BCUT2D eigenvalue weighted by Crippen LogP contribution is -2.35. The minimum absolute atomic E-state index is 0.870. The average molecular weight is 323 g/mol. The molecule has 1 fully saturated rings. The molecule has 3 nitrogen and oxygen atoms in total. The number of morpholine rings is 1. The van der Waals surface area contributed by atoms with Gasteiger partial charge in [-0.1, -0.05) is 52.8 Å². The fourth-order valence-corrected chi connectivity index (χ4v) is 1.79. The molecule has 1 saturated heterocycles. The standard InChI is InChI=1S/C12H18N2O.C4H8.2C2H6/c1-13-12-4-2-11(3-5-12)10-14-6-8-15-9-7-14;1-3-4-2;2*1-2/h2-5,13H,6-10H2,1H3;3H,1,4H2,2H3;2*1-2H3. The number of hydrogen-bond donors (Lipinski definition) is 1. The highest BCUT2D eigenvalue weighted by molar-refractivity contribution is 5.43. The summed E-state index contributed by atoms with van der Waals surface area (Å²) in [5.74, 6) is 0. The molecule has 0 saturated carbocycles. The molecular weight excluding hydrogens is 284 g/mol. The van der Waals surface area contributed by atoms with Gasteiger partial charge < -0.3 is 10.1 Å². The van der Waals surface area contributed by atoms with Gasteiger partial charge in [-0.3, -0.25) is 4.90 Å². The number of allylic oxidation sites excluding steroid dienone is 1. The van der Waals surface area contributed by atoms with E-state index in [0.29, 0.717) is 0 Å². The predicted molar refractivity (Wildman–Crippen MR) is 105 cm³/mol. The molecule has 0 unspecified atom stereocenters. The molecule has 1 aliphatic rings. The van der Waals surface area contributed by atoms with Crippen molar-refractivity contribution in [1.82, 2.24) is 4.90 Å². The first kappa shape index (κ1) is 23.9. The van der Waals surface area contributed by atoms with E-state index in [1.807, 2.05) is 40.8 Å². The zero-order valence-corrected chi connectivity index (χ0v) is 16.2. The van der Waals surface area contributed by atoms with Crippen molar-refractivity contribution in [3.05, 3.63) is 42.5 Å². The summed E-state index contributed by atoms with van der Waals surface area (Å²) in [4.78, 5) is 2.43. The van der Waals surface area contributed by atoms with Crippen LogP contribution in [0.25, 0.3) is 0 Å². The van der Waals surface area contributed by atoms with E-state index >= 15 is 0 Å². The summed E-state index contributed by atoms with van der Waals surface area (Å²) in [5.41, 5.74) is 2.54. The summed E-state index contributed by atoms with van der Waals surface area (Å²) in [6.07, 6.45) is 2.96. The third kappa shape index (κ3) is 12.9.